The molecule has 1 atom stereocenters. The molecule has 0 aliphatic heterocycles. The van der Waals surface area contributed by atoms with Crippen LogP contribution >= 0.6 is 0 Å². The average Bonchev–Trinajstić information content (AvgIpc) is 2.16. The van der Waals surface area contributed by atoms with E-state index in [-0.39, 0.29) is 11.1 Å². The van der Waals surface area contributed by atoms with Crippen molar-refractivity contribution in [2.75, 3.05) is 0 Å². The maximum atomic E-state index is 13.5. The Bertz CT molecular complexity index is 409. The molecule has 14 heavy (non-hydrogen) atoms. The van der Waals surface area contributed by atoms with Gasteiger partial charge in [0.25, 0.3) is 5.91 Å². The van der Waals surface area contributed by atoms with Crippen molar-refractivity contribution in [1.29, 1.82) is 5.26 Å². The van der Waals surface area contributed by atoms with Gasteiger partial charge in [-0.1, -0.05) is 12.1 Å². The van der Waals surface area contributed by atoms with Gasteiger partial charge in [-0.05, 0) is 13.0 Å². The Morgan fingerprint density at radius 1 is 1.64 bits per heavy atom. The normalized spacial score (nSPS) is 11.8. The maximum absolute atomic E-state index is 13.5. The van der Waals surface area contributed by atoms with Crippen molar-refractivity contribution in [2.45, 2.75) is 12.8 Å². The summed E-state index contributed by atoms with van der Waals surface area (Å²) in [4.78, 5) is 10.8. The Balaban J connectivity index is 3.29. The molecule has 1 aromatic rings. The smallest absolute Gasteiger partial charge is 0.251 e. The molecule has 0 aliphatic carbocycles. The summed E-state index contributed by atoms with van der Waals surface area (Å²) in [6.07, 6.45) is 0. The number of amides is 1. The fourth-order valence-electron chi connectivity index (χ4n) is 1.14. The van der Waals surface area contributed by atoms with E-state index in [0.717, 1.165) is 0 Å². The monoisotopic (exact) mass is 192 g/mol. The summed E-state index contributed by atoms with van der Waals surface area (Å²) in [7, 11) is 0. The number of hydrogen-bond acceptors (Lipinski definition) is 2. The second-order valence-corrected chi connectivity index (χ2v) is 2.92. The van der Waals surface area contributed by atoms with Crippen molar-refractivity contribution < 1.29 is 9.18 Å². The zero-order chi connectivity index (χ0) is 10.7. The lowest BCUT2D eigenvalue weighted by atomic mass is 9.99. The highest BCUT2D eigenvalue weighted by Gasteiger charge is 2.15. The van der Waals surface area contributed by atoms with E-state index >= 15 is 0 Å². The van der Waals surface area contributed by atoms with E-state index in [1.54, 1.807) is 6.92 Å². The molecule has 1 rings (SSSR count). The molecule has 2 N–H and O–H groups in total. The van der Waals surface area contributed by atoms with E-state index in [1.165, 1.54) is 18.2 Å². The fourth-order valence-corrected chi connectivity index (χ4v) is 1.14. The summed E-state index contributed by atoms with van der Waals surface area (Å²) in [5.41, 5.74) is 4.98. The van der Waals surface area contributed by atoms with Gasteiger partial charge in [0.05, 0.1) is 17.6 Å². The van der Waals surface area contributed by atoms with Gasteiger partial charge in [-0.2, -0.15) is 5.26 Å². The lowest BCUT2D eigenvalue weighted by molar-refractivity contribution is 0.0996. The molecule has 4 heteroatoms. The van der Waals surface area contributed by atoms with Crippen LogP contribution in [0.1, 0.15) is 28.8 Å². The van der Waals surface area contributed by atoms with Crippen molar-refractivity contribution in [3.05, 3.63) is 35.1 Å². The largest absolute Gasteiger partial charge is 0.366 e. The van der Waals surface area contributed by atoms with Crippen LogP contribution in [0.4, 0.5) is 4.39 Å². The third kappa shape index (κ3) is 1.72. The van der Waals surface area contributed by atoms with Crippen LogP contribution in [0.25, 0.3) is 0 Å². The van der Waals surface area contributed by atoms with Crippen LogP contribution in [0, 0.1) is 17.1 Å². The van der Waals surface area contributed by atoms with Crippen LogP contribution in [0.2, 0.25) is 0 Å². The van der Waals surface area contributed by atoms with E-state index in [4.69, 9.17) is 11.0 Å². The molecular weight excluding hydrogens is 183 g/mol. The van der Waals surface area contributed by atoms with Crippen LogP contribution in [-0.4, -0.2) is 5.91 Å². The van der Waals surface area contributed by atoms with Crippen LogP contribution in [0.3, 0.4) is 0 Å². The average molecular weight is 192 g/mol. The molecule has 1 aromatic carbocycles. The Morgan fingerprint density at radius 3 is 2.79 bits per heavy atom. The number of hydrogen-bond donors (Lipinski definition) is 1. The first-order valence-electron chi connectivity index (χ1n) is 4.05. The number of carbonyl (C=O) groups excluding carboxylic acids is 1. The molecule has 3 nitrogen and oxygen atoms in total. The Hall–Kier alpha value is -1.89. The summed E-state index contributed by atoms with van der Waals surface area (Å²) in [6.45, 7) is 1.56. The molecule has 1 amide bonds. The zero-order valence-corrected chi connectivity index (χ0v) is 7.62. The predicted octanol–water partition coefficient (Wildman–Crippen LogP) is 1.55. The van der Waals surface area contributed by atoms with Crippen LogP contribution < -0.4 is 5.73 Å². The van der Waals surface area contributed by atoms with Crippen molar-refractivity contribution in [1.82, 2.24) is 0 Å². The summed E-state index contributed by atoms with van der Waals surface area (Å²) in [6, 6.07) is 6.17. The van der Waals surface area contributed by atoms with Crippen LogP contribution in [0.5, 0.6) is 0 Å². The molecule has 0 radical (unpaired) electrons. The second-order valence-electron chi connectivity index (χ2n) is 2.92. The third-order valence-electron chi connectivity index (χ3n) is 1.95. The summed E-state index contributed by atoms with van der Waals surface area (Å²) < 4.78 is 13.5. The summed E-state index contributed by atoms with van der Waals surface area (Å²) in [5.74, 6) is -2.11. The molecule has 0 spiro atoms. The van der Waals surface area contributed by atoms with Gasteiger partial charge in [0, 0.05) is 5.56 Å². The van der Waals surface area contributed by atoms with Gasteiger partial charge in [0.15, 0.2) is 0 Å². The number of nitriles is 1. The fraction of sp³-hybridized carbons (Fsp3) is 0.200. The molecule has 0 aromatic heterocycles. The van der Waals surface area contributed by atoms with E-state index in [9.17, 15) is 9.18 Å². The van der Waals surface area contributed by atoms with E-state index in [0.29, 0.717) is 0 Å². The Morgan fingerprint density at radius 2 is 2.29 bits per heavy atom. The standard InChI is InChI=1S/C10H9FN2O/c1-6(5-12)7-3-2-4-8(9(7)11)10(13)14/h2-4,6H,1H3,(H2,13,14). The molecule has 0 saturated carbocycles. The molecular formula is C10H9FN2O. The maximum Gasteiger partial charge on any atom is 0.251 e. The zero-order valence-electron chi connectivity index (χ0n) is 7.62. The summed E-state index contributed by atoms with van der Waals surface area (Å²) in [5, 5.41) is 8.61. The minimum Gasteiger partial charge on any atom is -0.366 e. The first kappa shape index (κ1) is 10.2. The Labute approximate surface area is 81.0 Å². The lowest BCUT2D eigenvalue weighted by Gasteiger charge is -2.06. The van der Waals surface area contributed by atoms with E-state index < -0.39 is 17.6 Å². The van der Waals surface area contributed by atoms with E-state index in [1.807, 2.05) is 6.07 Å². The molecule has 0 fully saturated rings. The van der Waals surface area contributed by atoms with Crippen molar-refractivity contribution in [3.63, 3.8) is 0 Å². The predicted molar refractivity (Wildman–Crippen MR) is 48.9 cm³/mol. The third-order valence-corrected chi connectivity index (χ3v) is 1.95. The van der Waals surface area contributed by atoms with Gasteiger partial charge in [0.2, 0.25) is 0 Å². The highest BCUT2D eigenvalue weighted by molar-refractivity contribution is 5.93. The number of rotatable bonds is 2. The molecule has 0 heterocycles. The molecule has 0 aliphatic rings. The highest BCUT2D eigenvalue weighted by Crippen LogP contribution is 2.20. The second kappa shape index (κ2) is 3.88. The number of nitrogens with zero attached hydrogens (tertiary/aromatic N) is 1. The SMILES string of the molecule is CC(C#N)c1cccc(C(N)=O)c1F. The molecule has 0 saturated heterocycles. The molecule has 1 unspecified atom stereocenters. The van der Waals surface area contributed by atoms with Gasteiger partial charge >= 0.3 is 0 Å². The van der Waals surface area contributed by atoms with Gasteiger partial charge < -0.3 is 5.73 Å². The summed E-state index contributed by atoms with van der Waals surface area (Å²) >= 11 is 0. The minimum atomic E-state index is -0.825. The van der Waals surface area contributed by atoms with Gasteiger partial charge in [-0.25, -0.2) is 4.39 Å². The minimum absolute atomic E-state index is 0.176. The number of benzene rings is 1. The number of halogens is 1. The van der Waals surface area contributed by atoms with Crippen LogP contribution in [-0.2, 0) is 0 Å². The van der Waals surface area contributed by atoms with Gasteiger partial charge in [-0.15, -0.1) is 0 Å². The van der Waals surface area contributed by atoms with Crippen molar-refractivity contribution >= 4 is 5.91 Å². The first-order chi connectivity index (χ1) is 6.57. The Kier molecular flexibility index (Phi) is 2.82. The molecule has 0 bridgehead atoms. The van der Waals surface area contributed by atoms with Gasteiger partial charge in [0.1, 0.15) is 5.82 Å². The lowest BCUT2D eigenvalue weighted by Crippen LogP contribution is -2.14. The number of nitrogens with two attached hydrogens (primary N) is 1. The molecule has 72 valence electrons. The first-order valence-corrected chi connectivity index (χ1v) is 4.05. The quantitative estimate of drug-likeness (QED) is 0.772. The number of primary amides is 1. The highest BCUT2D eigenvalue weighted by atomic mass is 19.1. The van der Waals surface area contributed by atoms with Crippen LogP contribution in [0.15, 0.2) is 18.2 Å². The van der Waals surface area contributed by atoms with Crippen molar-refractivity contribution in [2.24, 2.45) is 5.73 Å². The van der Waals surface area contributed by atoms with Gasteiger partial charge in [-0.3, -0.25) is 4.79 Å². The number of carbonyl (C=O) groups is 1. The van der Waals surface area contributed by atoms with Crippen molar-refractivity contribution in [3.8, 4) is 6.07 Å². The van der Waals surface area contributed by atoms with E-state index in [2.05, 4.69) is 0 Å². The topological polar surface area (TPSA) is 66.9 Å².